The van der Waals surface area contributed by atoms with Crippen molar-refractivity contribution in [2.75, 3.05) is 7.11 Å². The normalized spacial score (nSPS) is 11.2. The van der Waals surface area contributed by atoms with E-state index in [-0.39, 0.29) is 11.7 Å². The van der Waals surface area contributed by atoms with Crippen molar-refractivity contribution in [2.24, 2.45) is 0 Å². The molecule has 2 aromatic heterocycles. The van der Waals surface area contributed by atoms with Crippen molar-refractivity contribution >= 4 is 17.1 Å². The number of carbonyl (C=O) groups is 1. The highest BCUT2D eigenvalue weighted by atomic mass is 16.5. The minimum Gasteiger partial charge on any atom is -0.465 e. The third-order valence-electron chi connectivity index (χ3n) is 3.28. The highest BCUT2D eigenvalue weighted by Gasteiger charge is 2.16. The van der Waals surface area contributed by atoms with Crippen molar-refractivity contribution in [3.8, 4) is 0 Å². The number of H-pyrrole nitrogens is 1. The van der Waals surface area contributed by atoms with E-state index < -0.39 is 5.97 Å². The van der Waals surface area contributed by atoms with Gasteiger partial charge in [-0.25, -0.2) is 14.6 Å². The fourth-order valence-electron chi connectivity index (χ4n) is 2.24. The molecule has 0 atom stereocenters. The second-order valence-corrected chi connectivity index (χ2v) is 4.36. The Kier molecular flexibility index (Phi) is 3.69. The minimum absolute atomic E-state index is 0.109. The smallest absolute Gasteiger partial charge is 0.339 e. The molecule has 0 spiro atoms. The molecule has 0 unspecified atom stereocenters. The summed E-state index contributed by atoms with van der Waals surface area (Å²) in [5.74, 6) is -0.467. The molecule has 0 aromatic carbocycles. The number of esters is 1. The van der Waals surface area contributed by atoms with E-state index in [4.69, 9.17) is 0 Å². The number of hydrogen-bond donors (Lipinski definition) is 1. The second kappa shape index (κ2) is 5.26. The van der Waals surface area contributed by atoms with Crippen LogP contribution in [0.5, 0.6) is 0 Å². The molecule has 0 aliphatic carbocycles. The summed E-state index contributed by atoms with van der Waals surface area (Å²) in [4.78, 5) is 30.4. The van der Waals surface area contributed by atoms with Gasteiger partial charge in [0, 0.05) is 12.2 Å². The van der Waals surface area contributed by atoms with Crippen LogP contribution in [-0.2, 0) is 4.74 Å². The van der Waals surface area contributed by atoms with Crippen molar-refractivity contribution in [2.45, 2.75) is 32.7 Å². The van der Waals surface area contributed by atoms with Gasteiger partial charge in [0.25, 0.3) is 0 Å². The molecule has 2 heterocycles. The van der Waals surface area contributed by atoms with E-state index in [2.05, 4.69) is 14.7 Å². The van der Waals surface area contributed by atoms with Crippen LogP contribution in [0.1, 0.15) is 43.1 Å². The summed E-state index contributed by atoms with van der Waals surface area (Å²) in [6.45, 7) is 4.06. The number of imidazole rings is 1. The summed E-state index contributed by atoms with van der Waals surface area (Å²) in [6.07, 6.45) is 3.13. The SMILES string of the molecule is CCC(CC)n1c(=O)[nH]c2cc(C(=O)OC)cnc21. The Bertz CT molecular complexity index is 653. The molecule has 1 N–H and O–H groups in total. The van der Waals surface area contributed by atoms with Crippen LogP contribution in [0.15, 0.2) is 17.1 Å². The molecule has 2 rings (SSSR count). The van der Waals surface area contributed by atoms with Gasteiger partial charge >= 0.3 is 11.7 Å². The predicted molar refractivity (Wildman–Crippen MR) is 71.3 cm³/mol. The maximum Gasteiger partial charge on any atom is 0.339 e. The second-order valence-electron chi connectivity index (χ2n) is 4.36. The number of hydrogen-bond acceptors (Lipinski definition) is 4. The third-order valence-corrected chi connectivity index (χ3v) is 3.28. The maximum absolute atomic E-state index is 12.0. The number of methoxy groups -OCH3 is 1. The summed E-state index contributed by atoms with van der Waals surface area (Å²) in [7, 11) is 1.31. The van der Waals surface area contributed by atoms with Crippen LogP contribution in [0.2, 0.25) is 0 Å². The molecule has 2 aromatic rings. The zero-order valence-electron chi connectivity index (χ0n) is 11.3. The lowest BCUT2D eigenvalue weighted by atomic mass is 10.1. The van der Waals surface area contributed by atoms with Crippen LogP contribution in [0, 0.1) is 0 Å². The van der Waals surface area contributed by atoms with Gasteiger partial charge in [-0.3, -0.25) is 4.57 Å². The van der Waals surface area contributed by atoms with E-state index >= 15 is 0 Å². The van der Waals surface area contributed by atoms with Gasteiger partial charge in [-0.1, -0.05) is 13.8 Å². The Balaban J connectivity index is 2.60. The third kappa shape index (κ3) is 2.25. The van der Waals surface area contributed by atoms with Gasteiger partial charge < -0.3 is 9.72 Å². The van der Waals surface area contributed by atoms with Gasteiger partial charge in [-0.05, 0) is 18.9 Å². The number of pyridine rings is 1. The number of fused-ring (bicyclic) bond motifs is 1. The minimum atomic E-state index is -0.467. The summed E-state index contributed by atoms with van der Waals surface area (Å²) in [6, 6.07) is 1.70. The molecule has 0 fully saturated rings. The number of ether oxygens (including phenoxy) is 1. The lowest BCUT2D eigenvalue weighted by molar-refractivity contribution is 0.0600. The van der Waals surface area contributed by atoms with E-state index in [1.165, 1.54) is 13.3 Å². The Morgan fingerprint density at radius 3 is 2.74 bits per heavy atom. The van der Waals surface area contributed by atoms with E-state index in [1.54, 1.807) is 10.6 Å². The van der Waals surface area contributed by atoms with Crippen molar-refractivity contribution in [1.82, 2.24) is 14.5 Å². The Morgan fingerprint density at radius 1 is 1.47 bits per heavy atom. The average molecular weight is 263 g/mol. The fraction of sp³-hybridized carbons (Fsp3) is 0.462. The Morgan fingerprint density at radius 2 is 2.16 bits per heavy atom. The molecule has 6 heteroatoms. The van der Waals surface area contributed by atoms with E-state index in [0.29, 0.717) is 16.7 Å². The zero-order valence-corrected chi connectivity index (χ0v) is 11.3. The first kappa shape index (κ1) is 13.3. The van der Waals surface area contributed by atoms with Crippen molar-refractivity contribution in [3.63, 3.8) is 0 Å². The van der Waals surface area contributed by atoms with Crippen LogP contribution in [0.3, 0.4) is 0 Å². The molecule has 0 saturated heterocycles. The highest BCUT2D eigenvalue weighted by molar-refractivity contribution is 5.92. The molecule has 0 amide bonds. The van der Waals surface area contributed by atoms with E-state index in [9.17, 15) is 9.59 Å². The fourth-order valence-corrected chi connectivity index (χ4v) is 2.24. The average Bonchev–Trinajstić information content (AvgIpc) is 2.75. The highest BCUT2D eigenvalue weighted by Crippen LogP contribution is 2.19. The van der Waals surface area contributed by atoms with Crippen LogP contribution in [-0.4, -0.2) is 27.6 Å². The molecule has 0 saturated carbocycles. The van der Waals surface area contributed by atoms with Gasteiger partial charge in [-0.2, -0.15) is 0 Å². The lowest BCUT2D eigenvalue weighted by Crippen LogP contribution is -2.21. The number of aromatic nitrogens is 3. The van der Waals surface area contributed by atoms with E-state index in [0.717, 1.165) is 12.8 Å². The van der Waals surface area contributed by atoms with Gasteiger partial charge in [0.05, 0.1) is 18.2 Å². The monoisotopic (exact) mass is 263 g/mol. The first-order chi connectivity index (χ1) is 9.12. The summed E-state index contributed by atoms with van der Waals surface area (Å²) in [5.41, 5.74) is 1.26. The number of nitrogens with one attached hydrogen (secondary N) is 1. The largest absolute Gasteiger partial charge is 0.465 e. The van der Waals surface area contributed by atoms with Crippen LogP contribution < -0.4 is 5.69 Å². The maximum atomic E-state index is 12.0. The van der Waals surface area contributed by atoms with Gasteiger partial charge in [0.2, 0.25) is 0 Å². The van der Waals surface area contributed by atoms with Gasteiger partial charge in [0.15, 0.2) is 5.65 Å². The number of rotatable bonds is 4. The molecule has 0 bridgehead atoms. The number of nitrogens with zero attached hydrogens (tertiary/aromatic N) is 2. The number of aromatic amines is 1. The van der Waals surface area contributed by atoms with Crippen LogP contribution in [0.25, 0.3) is 11.2 Å². The van der Waals surface area contributed by atoms with Crippen LogP contribution in [0.4, 0.5) is 0 Å². The molecule has 19 heavy (non-hydrogen) atoms. The summed E-state index contributed by atoms with van der Waals surface area (Å²) < 4.78 is 6.28. The van der Waals surface area contributed by atoms with Crippen molar-refractivity contribution in [3.05, 3.63) is 28.3 Å². The molecule has 0 aliphatic heterocycles. The molecule has 102 valence electrons. The van der Waals surface area contributed by atoms with Gasteiger partial charge in [-0.15, -0.1) is 0 Å². The van der Waals surface area contributed by atoms with Crippen molar-refractivity contribution < 1.29 is 9.53 Å². The molecular formula is C13H17N3O3. The summed E-state index contributed by atoms with van der Waals surface area (Å²) in [5, 5.41) is 0. The molecule has 0 radical (unpaired) electrons. The van der Waals surface area contributed by atoms with Crippen LogP contribution >= 0.6 is 0 Å². The van der Waals surface area contributed by atoms with Crippen molar-refractivity contribution in [1.29, 1.82) is 0 Å². The molecule has 0 aliphatic rings. The Labute approximate surface area is 110 Å². The molecule has 6 nitrogen and oxygen atoms in total. The quantitative estimate of drug-likeness (QED) is 0.854. The predicted octanol–water partition coefficient (Wildman–Crippen LogP) is 1.87. The molecular weight excluding hydrogens is 246 g/mol. The standard InChI is InChI=1S/C13H17N3O3/c1-4-9(5-2)16-11-10(15-13(16)18)6-8(7-14-11)12(17)19-3/h6-7,9H,4-5H2,1-3H3,(H,15,18). The zero-order chi connectivity index (χ0) is 14.0. The first-order valence-corrected chi connectivity index (χ1v) is 6.30. The van der Waals surface area contributed by atoms with Gasteiger partial charge in [0.1, 0.15) is 0 Å². The topological polar surface area (TPSA) is 77.0 Å². The Hall–Kier alpha value is -2.11. The first-order valence-electron chi connectivity index (χ1n) is 6.30. The summed E-state index contributed by atoms with van der Waals surface area (Å²) >= 11 is 0. The lowest BCUT2D eigenvalue weighted by Gasteiger charge is -2.13. The number of carbonyl (C=O) groups excluding carboxylic acids is 1. The van der Waals surface area contributed by atoms with E-state index in [1.807, 2.05) is 13.8 Å².